The number of anilines is 1. The number of aryl methyl sites for hydroxylation is 1. The van der Waals surface area contributed by atoms with E-state index in [-0.39, 0.29) is 12.4 Å². The quantitative estimate of drug-likeness (QED) is 0.165. The monoisotopic (exact) mass is 456 g/mol. The summed E-state index contributed by atoms with van der Waals surface area (Å²) in [6.45, 7) is 8.99. The number of hydrogen-bond donors (Lipinski definition) is 5. The lowest BCUT2D eigenvalue weighted by molar-refractivity contribution is -0.107. The molecule has 0 aliphatic carbocycles. The molecular formula is C20H36N6O6. The van der Waals surface area contributed by atoms with Crippen molar-refractivity contribution in [3.05, 3.63) is 30.0 Å². The van der Waals surface area contributed by atoms with E-state index in [1.54, 1.807) is 59.2 Å². The zero-order valence-corrected chi connectivity index (χ0v) is 19.6. The van der Waals surface area contributed by atoms with Gasteiger partial charge in [0.1, 0.15) is 30.1 Å². The maximum Gasteiger partial charge on any atom is 0.407 e. The highest BCUT2D eigenvalue weighted by atomic mass is 16.6. The maximum atomic E-state index is 10.9. The van der Waals surface area contributed by atoms with Crippen LogP contribution in [-0.2, 0) is 16.6 Å². The number of nitrogens with two attached hydrogens (primary N) is 1. The van der Waals surface area contributed by atoms with Gasteiger partial charge < -0.3 is 45.6 Å². The molecular weight excluding hydrogens is 420 g/mol. The van der Waals surface area contributed by atoms with E-state index in [1.807, 2.05) is 0 Å². The number of aldehydes is 1. The van der Waals surface area contributed by atoms with Gasteiger partial charge in [-0.05, 0) is 33.6 Å². The molecule has 0 spiro atoms. The number of nitrogen functional groups attached to an aromatic ring is 1. The highest BCUT2D eigenvalue weighted by molar-refractivity contribution is 5.87. The number of alkyl carbamates (subject to hydrolysis) is 1. The van der Waals surface area contributed by atoms with Crippen LogP contribution in [0.15, 0.2) is 29.3 Å². The Morgan fingerprint density at radius 2 is 2.00 bits per heavy atom. The van der Waals surface area contributed by atoms with E-state index in [2.05, 4.69) is 22.3 Å². The summed E-state index contributed by atoms with van der Waals surface area (Å²) in [4.78, 5) is 36.3. The number of aromatic nitrogens is 1. The van der Waals surface area contributed by atoms with E-state index in [0.717, 1.165) is 6.29 Å². The second kappa shape index (κ2) is 16.2. The van der Waals surface area contributed by atoms with Crippen LogP contribution in [0.3, 0.4) is 0 Å². The zero-order valence-electron chi connectivity index (χ0n) is 19.6. The molecule has 0 atom stereocenters. The molecule has 1 rings (SSSR count). The molecule has 0 aliphatic rings. The number of aliphatic hydroxyl groups excluding tert-OH is 1. The average molecular weight is 457 g/mol. The van der Waals surface area contributed by atoms with Crippen molar-refractivity contribution in [1.29, 1.82) is 0 Å². The lowest BCUT2D eigenvalue weighted by atomic mass is 10.2. The first kappa shape index (κ1) is 30.7. The predicted molar refractivity (Wildman–Crippen MR) is 123 cm³/mol. The number of aliphatic hydroxyl groups is 1. The minimum atomic E-state index is -0.959. The Morgan fingerprint density at radius 1 is 1.41 bits per heavy atom. The highest BCUT2D eigenvalue weighted by Gasteiger charge is 2.15. The van der Waals surface area contributed by atoms with Crippen molar-refractivity contribution in [2.75, 3.05) is 33.1 Å². The van der Waals surface area contributed by atoms with Gasteiger partial charge in [0.25, 0.3) is 0 Å². The first-order valence-corrected chi connectivity index (χ1v) is 9.54. The van der Waals surface area contributed by atoms with Crippen LogP contribution in [0.2, 0.25) is 0 Å². The number of nitrogens with one attached hydrogen (secondary N) is 2. The Bertz CT molecular complexity index is 754. The van der Waals surface area contributed by atoms with Crippen molar-refractivity contribution in [3.63, 3.8) is 0 Å². The number of hydrogen-bond acceptors (Lipinski definition) is 9. The third-order valence-corrected chi connectivity index (χ3v) is 3.17. The Balaban J connectivity index is 0. The van der Waals surface area contributed by atoms with Crippen LogP contribution in [0.1, 0.15) is 37.7 Å². The molecule has 182 valence electrons. The standard InChI is InChI=1S/C8H15NO3.C6H13N3O.C6H8N2O2/c1-8(2,3)12-7(11)9-5-4-6-10;1-7-6(8-2)4-9(3)5-10;1-8-3-4(7)2-5(8)6(9)10/h6H,4-5H2,1-3H3,(H,9,11);4,8,10H,1,5H2,2-3H3;2-3H,7H2,1H3,(H,9,10)/b;6-4+;. The van der Waals surface area contributed by atoms with Crippen molar-refractivity contribution in [1.82, 2.24) is 20.1 Å². The number of aliphatic imine (C=N–C) groups is 1. The van der Waals surface area contributed by atoms with Crippen molar-refractivity contribution < 1.29 is 29.3 Å². The molecule has 1 aromatic rings. The summed E-state index contributed by atoms with van der Waals surface area (Å²) >= 11 is 0. The molecule has 0 unspecified atom stereocenters. The molecule has 12 nitrogen and oxygen atoms in total. The van der Waals surface area contributed by atoms with Crippen LogP contribution >= 0.6 is 0 Å². The predicted octanol–water partition coefficient (Wildman–Crippen LogP) is 0.993. The van der Waals surface area contributed by atoms with Crippen molar-refractivity contribution in [2.45, 2.75) is 32.8 Å². The van der Waals surface area contributed by atoms with Crippen molar-refractivity contribution in [3.8, 4) is 0 Å². The number of carboxylic acid groups (broad SMARTS) is 1. The third-order valence-electron chi connectivity index (χ3n) is 3.17. The fourth-order valence-corrected chi connectivity index (χ4v) is 1.78. The molecule has 1 amide bonds. The summed E-state index contributed by atoms with van der Waals surface area (Å²) in [6, 6.07) is 1.42. The number of carbonyl (C=O) groups excluding carboxylic acids is 2. The van der Waals surface area contributed by atoms with Gasteiger partial charge >= 0.3 is 12.1 Å². The smallest absolute Gasteiger partial charge is 0.407 e. The minimum Gasteiger partial charge on any atom is -0.477 e. The van der Waals surface area contributed by atoms with Gasteiger partial charge in [-0.2, -0.15) is 0 Å². The topological polar surface area (TPSA) is 172 Å². The van der Waals surface area contributed by atoms with E-state index < -0.39 is 17.7 Å². The molecule has 32 heavy (non-hydrogen) atoms. The Kier molecular flexibility index (Phi) is 15.5. The number of carbonyl (C=O) groups is 3. The zero-order chi connectivity index (χ0) is 25.3. The largest absolute Gasteiger partial charge is 0.477 e. The molecule has 0 aliphatic heterocycles. The lowest BCUT2D eigenvalue weighted by Crippen LogP contribution is -2.33. The van der Waals surface area contributed by atoms with Crippen molar-refractivity contribution in [2.24, 2.45) is 12.0 Å². The number of rotatable bonds is 8. The van der Waals surface area contributed by atoms with E-state index >= 15 is 0 Å². The van der Waals surface area contributed by atoms with Crippen LogP contribution in [0.5, 0.6) is 0 Å². The highest BCUT2D eigenvalue weighted by Crippen LogP contribution is 2.07. The first-order valence-electron chi connectivity index (χ1n) is 9.54. The first-order chi connectivity index (χ1) is 14.8. The second-order valence-electron chi connectivity index (χ2n) is 7.28. The summed E-state index contributed by atoms with van der Waals surface area (Å²) in [5.41, 5.74) is 5.53. The van der Waals surface area contributed by atoms with Gasteiger partial charge in [0.2, 0.25) is 0 Å². The fraction of sp³-hybridized carbons (Fsp3) is 0.500. The maximum absolute atomic E-state index is 10.9. The van der Waals surface area contributed by atoms with Gasteiger partial charge in [0.05, 0.1) is 5.69 Å². The van der Waals surface area contributed by atoms with E-state index in [9.17, 15) is 14.4 Å². The van der Waals surface area contributed by atoms with Crippen LogP contribution in [0.4, 0.5) is 10.5 Å². The SMILES string of the molecule is C=N/C(=C\N(C)CO)NC.CC(C)(C)OC(=O)NCCC=O.Cn1cc(N)cc1C(=O)O. The number of amides is 1. The van der Waals surface area contributed by atoms with Crippen LogP contribution in [-0.4, -0.2) is 77.7 Å². The van der Waals surface area contributed by atoms with Gasteiger partial charge in [-0.15, -0.1) is 0 Å². The summed E-state index contributed by atoms with van der Waals surface area (Å²) in [7, 11) is 5.12. The molecule has 6 N–H and O–H groups in total. The third kappa shape index (κ3) is 16.3. The summed E-state index contributed by atoms with van der Waals surface area (Å²) in [5, 5.41) is 22.3. The molecule has 0 aromatic carbocycles. The summed E-state index contributed by atoms with van der Waals surface area (Å²) in [5.74, 6) is -0.323. The van der Waals surface area contributed by atoms with E-state index in [4.69, 9.17) is 20.7 Å². The Labute approximate surface area is 188 Å². The fourth-order valence-electron chi connectivity index (χ4n) is 1.78. The minimum absolute atomic E-state index is 0.0271. The number of aromatic carboxylic acids is 1. The van der Waals surface area contributed by atoms with Gasteiger partial charge in [0, 0.05) is 46.5 Å². The lowest BCUT2D eigenvalue weighted by Gasteiger charge is -2.19. The number of carboxylic acids is 1. The average Bonchev–Trinajstić information content (AvgIpc) is 3.04. The molecule has 1 aromatic heterocycles. The molecule has 12 heteroatoms. The van der Waals surface area contributed by atoms with Crippen LogP contribution in [0, 0.1) is 0 Å². The van der Waals surface area contributed by atoms with E-state index in [0.29, 0.717) is 24.5 Å². The van der Waals surface area contributed by atoms with Crippen LogP contribution < -0.4 is 16.4 Å². The molecule has 0 radical (unpaired) electrons. The van der Waals surface area contributed by atoms with Gasteiger partial charge in [0.15, 0.2) is 0 Å². The molecule has 0 saturated carbocycles. The second-order valence-corrected chi connectivity index (χ2v) is 7.28. The molecule has 0 saturated heterocycles. The Morgan fingerprint density at radius 3 is 2.31 bits per heavy atom. The molecule has 0 bridgehead atoms. The van der Waals surface area contributed by atoms with Gasteiger partial charge in [-0.1, -0.05) is 0 Å². The Hall–Kier alpha value is -3.54. The van der Waals surface area contributed by atoms with E-state index in [1.165, 1.54) is 10.6 Å². The normalized spacial score (nSPS) is 10.4. The molecule has 0 fully saturated rings. The summed E-state index contributed by atoms with van der Waals surface area (Å²) in [6.07, 6.45) is 3.80. The van der Waals surface area contributed by atoms with Crippen LogP contribution in [0.25, 0.3) is 0 Å². The van der Waals surface area contributed by atoms with Gasteiger partial charge in [-0.3, -0.25) is 0 Å². The number of ether oxygens (including phenoxy) is 1. The van der Waals surface area contributed by atoms with Gasteiger partial charge in [-0.25, -0.2) is 14.6 Å². The summed E-state index contributed by atoms with van der Waals surface area (Å²) < 4.78 is 6.39. The van der Waals surface area contributed by atoms with Crippen molar-refractivity contribution >= 4 is 30.8 Å². The number of nitrogens with zero attached hydrogens (tertiary/aromatic N) is 3. The molecule has 1 heterocycles.